The van der Waals surface area contributed by atoms with Crippen molar-refractivity contribution in [2.75, 3.05) is 5.75 Å². The summed E-state index contributed by atoms with van der Waals surface area (Å²) in [6.45, 7) is 8.63. The zero-order valence-corrected chi connectivity index (χ0v) is 22.2. The maximum absolute atomic E-state index is 13.1. The Bertz CT molecular complexity index is 889. The van der Waals surface area contributed by atoms with Crippen molar-refractivity contribution in [3.8, 4) is 0 Å². The number of carbonyl (C=O) groups is 5. The molecule has 3 aliphatic rings. The van der Waals surface area contributed by atoms with Gasteiger partial charge >= 0.3 is 5.97 Å². The van der Waals surface area contributed by atoms with Crippen LogP contribution in [0.5, 0.6) is 0 Å². The molecule has 4 N–H and O–H groups in total. The van der Waals surface area contributed by atoms with Crippen molar-refractivity contribution in [3.05, 3.63) is 23.9 Å². The van der Waals surface area contributed by atoms with Crippen LogP contribution in [0, 0.1) is 11.8 Å². The lowest BCUT2D eigenvalue weighted by Crippen LogP contribution is -2.55. The van der Waals surface area contributed by atoms with E-state index in [9.17, 15) is 24.0 Å². The molecule has 4 amide bonds. The number of hydrogen-bond donors (Lipinski definition) is 4. The zero-order chi connectivity index (χ0) is 26.1. The van der Waals surface area contributed by atoms with Crippen LogP contribution in [0.1, 0.15) is 47.5 Å². The molecule has 0 saturated carbocycles. The summed E-state index contributed by atoms with van der Waals surface area (Å²) < 4.78 is 5.63. The molecule has 2 bridgehead atoms. The first-order chi connectivity index (χ1) is 16.5. The van der Waals surface area contributed by atoms with Gasteiger partial charge in [-0.15, -0.1) is 0 Å². The summed E-state index contributed by atoms with van der Waals surface area (Å²) in [7, 11) is 2.53. The molecule has 10 nitrogen and oxygen atoms in total. The van der Waals surface area contributed by atoms with Crippen molar-refractivity contribution in [1.29, 1.82) is 0 Å². The first kappa shape index (κ1) is 28.8. The second kappa shape index (κ2) is 13.6. The third-order valence-corrected chi connectivity index (χ3v) is 7.86. The molecule has 1 unspecified atom stereocenters. The Balaban J connectivity index is 2.55. The summed E-state index contributed by atoms with van der Waals surface area (Å²) in [5.74, 6) is -2.96. The van der Waals surface area contributed by atoms with Gasteiger partial charge in [0.05, 0.1) is 6.42 Å². The maximum Gasteiger partial charge on any atom is 0.329 e. The second-order valence-corrected chi connectivity index (χ2v) is 11.5. The summed E-state index contributed by atoms with van der Waals surface area (Å²) in [6, 6.07) is -1.91. The number of hydrogen-bond acceptors (Lipinski definition) is 8. The predicted octanol–water partition coefficient (Wildman–Crippen LogP) is 1.39. The largest absolute Gasteiger partial charge is 0.456 e. The number of ether oxygens (including phenoxy) is 1. The number of fused-ring (bicyclic) bond motifs is 16. The number of allylic oxidation sites excluding steroid dienone is 2. The summed E-state index contributed by atoms with van der Waals surface area (Å²) in [4.78, 5) is 64.9. The third-order valence-electron chi connectivity index (χ3n) is 5.31. The molecule has 0 spiro atoms. The Morgan fingerprint density at radius 2 is 1.66 bits per heavy atom. The molecule has 0 aromatic rings. The second-order valence-electron chi connectivity index (χ2n) is 8.88. The van der Waals surface area contributed by atoms with Gasteiger partial charge in [-0.1, -0.05) is 61.4 Å². The number of esters is 1. The van der Waals surface area contributed by atoms with E-state index in [-0.39, 0.29) is 24.0 Å². The molecule has 3 aliphatic heterocycles. The molecule has 12 heteroatoms. The van der Waals surface area contributed by atoms with Crippen molar-refractivity contribution in [1.82, 2.24) is 21.3 Å². The van der Waals surface area contributed by atoms with Crippen molar-refractivity contribution in [2.24, 2.45) is 11.8 Å². The van der Waals surface area contributed by atoms with Crippen LogP contribution in [0.15, 0.2) is 23.9 Å². The van der Waals surface area contributed by atoms with Crippen LogP contribution in [0.2, 0.25) is 0 Å². The van der Waals surface area contributed by atoms with Gasteiger partial charge in [0.2, 0.25) is 11.8 Å². The standard InChI is InChI=1S/C23H34N4O6S2/c1-6-15-19(29)26-18(13(4)5)23(32)33-14-9-7-8-10-34-35-22(21(31)24-15)27-20(30)17(12(2)3)25-16(28)11-14/h6-7,9,12-14,17-18,22H,8,10-11H2,1-5H3,(H,24,31)(H,25,28)(H,26,29)(H,27,30)/b9-7-,15-6+/t14-,17-,18?,22-/m1/s1. The van der Waals surface area contributed by atoms with Crippen LogP contribution in [0.25, 0.3) is 0 Å². The van der Waals surface area contributed by atoms with E-state index in [1.165, 1.54) is 16.9 Å². The summed E-state index contributed by atoms with van der Waals surface area (Å²) in [5.41, 5.74) is -0.0531. The van der Waals surface area contributed by atoms with Gasteiger partial charge in [0.15, 0.2) is 5.37 Å². The van der Waals surface area contributed by atoms with Gasteiger partial charge in [-0.25, -0.2) is 4.79 Å². The number of carbonyl (C=O) groups excluding carboxylic acids is 5. The van der Waals surface area contributed by atoms with Gasteiger partial charge in [-0.05, 0) is 31.3 Å². The molecule has 35 heavy (non-hydrogen) atoms. The maximum atomic E-state index is 13.1. The van der Waals surface area contributed by atoms with Crippen molar-refractivity contribution < 1.29 is 28.7 Å². The molecule has 0 aromatic heterocycles. The third kappa shape index (κ3) is 8.60. The highest BCUT2D eigenvalue weighted by molar-refractivity contribution is 8.77. The SMILES string of the molecule is C/C=C1/NC(=O)[C@@H]2NC(=O)[C@@H](C(C)C)NC(=O)C[C@@H](/C=C\CCSS2)OC(=O)C(C(C)C)NC1=O. The summed E-state index contributed by atoms with van der Waals surface area (Å²) >= 11 is 0. The minimum absolute atomic E-state index is 0.0531. The Labute approximate surface area is 213 Å². The molecule has 1 saturated heterocycles. The van der Waals surface area contributed by atoms with Crippen LogP contribution >= 0.6 is 21.6 Å². The zero-order valence-electron chi connectivity index (χ0n) is 20.6. The number of rotatable bonds is 2. The normalized spacial score (nSPS) is 29.8. The van der Waals surface area contributed by atoms with Gasteiger partial charge < -0.3 is 26.0 Å². The van der Waals surface area contributed by atoms with E-state index >= 15 is 0 Å². The molecule has 0 aromatic carbocycles. The van der Waals surface area contributed by atoms with E-state index in [1.54, 1.807) is 40.7 Å². The van der Waals surface area contributed by atoms with Crippen LogP contribution in [0.3, 0.4) is 0 Å². The average Bonchev–Trinajstić information content (AvgIpc) is 2.78. The minimum atomic E-state index is -1.02. The van der Waals surface area contributed by atoms with Crippen molar-refractivity contribution in [2.45, 2.75) is 71.0 Å². The van der Waals surface area contributed by atoms with Gasteiger partial charge in [-0.2, -0.15) is 0 Å². The highest BCUT2D eigenvalue weighted by Gasteiger charge is 2.33. The van der Waals surface area contributed by atoms with E-state index in [0.29, 0.717) is 12.2 Å². The Morgan fingerprint density at radius 1 is 0.971 bits per heavy atom. The number of amides is 4. The summed E-state index contributed by atoms with van der Waals surface area (Å²) in [5, 5.41) is 9.55. The van der Waals surface area contributed by atoms with Crippen LogP contribution in [-0.2, 0) is 28.7 Å². The van der Waals surface area contributed by atoms with Crippen LogP contribution < -0.4 is 21.3 Å². The Morgan fingerprint density at radius 3 is 2.29 bits per heavy atom. The van der Waals surface area contributed by atoms with E-state index in [2.05, 4.69) is 21.3 Å². The molecule has 3 heterocycles. The Kier molecular flexibility index (Phi) is 11.2. The molecular formula is C23H34N4O6S2. The van der Waals surface area contributed by atoms with Crippen LogP contribution in [0.4, 0.5) is 0 Å². The molecule has 194 valence electrons. The van der Waals surface area contributed by atoms with Gasteiger partial charge in [-0.3, -0.25) is 19.2 Å². The molecule has 3 rings (SSSR count). The van der Waals surface area contributed by atoms with E-state index in [0.717, 1.165) is 10.8 Å². The van der Waals surface area contributed by atoms with Crippen molar-refractivity contribution in [3.63, 3.8) is 0 Å². The van der Waals surface area contributed by atoms with E-state index in [1.807, 2.05) is 6.08 Å². The fraction of sp³-hybridized carbons (Fsp3) is 0.609. The molecule has 0 aliphatic carbocycles. The molecule has 0 radical (unpaired) electrons. The molecular weight excluding hydrogens is 492 g/mol. The van der Waals surface area contributed by atoms with Gasteiger partial charge in [0, 0.05) is 5.75 Å². The van der Waals surface area contributed by atoms with E-state index < -0.39 is 53.2 Å². The lowest BCUT2D eigenvalue weighted by molar-refractivity contribution is -0.153. The van der Waals surface area contributed by atoms with Crippen LogP contribution in [-0.4, -0.2) is 58.9 Å². The fourth-order valence-electron chi connectivity index (χ4n) is 3.33. The smallest absolute Gasteiger partial charge is 0.329 e. The average molecular weight is 527 g/mol. The lowest BCUT2D eigenvalue weighted by atomic mass is 10.0. The van der Waals surface area contributed by atoms with Crippen molar-refractivity contribution >= 4 is 51.2 Å². The van der Waals surface area contributed by atoms with Gasteiger partial charge in [0.25, 0.3) is 11.8 Å². The van der Waals surface area contributed by atoms with E-state index in [4.69, 9.17) is 4.74 Å². The molecule has 4 atom stereocenters. The predicted molar refractivity (Wildman–Crippen MR) is 136 cm³/mol. The molecule has 1 fully saturated rings. The highest BCUT2D eigenvalue weighted by Crippen LogP contribution is 2.27. The summed E-state index contributed by atoms with van der Waals surface area (Å²) in [6.07, 6.45) is 4.40. The van der Waals surface area contributed by atoms with Gasteiger partial charge in [0.1, 0.15) is 23.9 Å². The lowest BCUT2D eigenvalue weighted by Gasteiger charge is -2.28. The highest BCUT2D eigenvalue weighted by atomic mass is 33.1. The Hall–Kier alpha value is -2.47. The first-order valence-electron chi connectivity index (χ1n) is 11.6. The first-order valence-corrected chi connectivity index (χ1v) is 13.9. The minimum Gasteiger partial charge on any atom is -0.456 e. The quantitative estimate of drug-likeness (QED) is 0.139. The fourth-order valence-corrected chi connectivity index (χ4v) is 5.50. The topological polar surface area (TPSA) is 143 Å². The number of nitrogens with one attached hydrogen (secondary N) is 4. The monoisotopic (exact) mass is 526 g/mol.